The molecular weight excluding hydrogens is 506 g/mol. The fourth-order valence-electron chi connectivity index (χ4n) is 3.51. The van der Waals surface area contributed by atoms with Gasteiger partial charge in [-0.25, -0.2) is 23.1 Å². The topological polar surface area (TPSA) is 171 Å². The van der Waals surface area contributed by atoms with E-state index in [1.165, 1.54) is 41.6 Å². The molecule has 1 atom stereocenters. The standard InChI is InChI=1S/C24H18F2N6O6/c25-13-3-6-17(16(26)7-13)32-23-15(9-30-32)22(27)31(11-28-23)29-8-12-1-4-14(5-2-12)37-24-21(36)20(35)19(34)18(10-33)38-24/h1-9,11,18,27,33-36H,10H2/b27-22?,29-8-. The summed E-state index contributed by atoms with van der Waals surface area (Å²) < 4.78 is 40.4. The summed E-state index contributed by atoms with van der Waals surface area (Å²) in [4.78, 5) is 4.21. The number of aliphatic hydroxyl groups is 4. The first-order valence-electron chi connectivity index (χ1n) is 10.9. The van der Waals surface area contributed by atoms with Crippen molar-refractivity contribution in [3.05, 3.63) is 101 Å². The molecule has 4 aromatic rings. The predicted molar refractivity (Wildman–Crippen MR) is 127 cm³/mol. The van der Waals surface area contributed by atoms with Gasteiger partial charge in [0.2, 0.25) is 11.5 Å². The number of aliphatic hydroxyl groups excluding tert-OH is 4. The SMILES string of the molecule is N=c1c2cnn(-c3ccc(F)cc3F)c2ncn1/N=C\c1ccc(OC2=C(O)C(O)=C(O)C(CO)O2)cc1. The average Bonchev–Trinajstić information content (AvgIpc) is 3.34. The molecule has 3 heterocycles. The second-order valence-electron chi connectivity index (χ2n) is 7.90. The number of halogens is 2. The molecule has 14 heteroatoms. The van der Waals surface area contributed by atoms with E-state index in [1.807, 2.05) is 0 Å². The van der Waals surface area contributed by atoms with E-state index in [4.69, 9.17) is 14.9 Å². The minimum atomic E-state index is -1.30. The van der Waals surface area contributed by atoms with Crippen LogP contribution in [0.1, 0.15) is 5.56 Å². The van der Waals surface area contributed by atoms with Crippen LogP contribution in [-0.2, 0) is 4.74 Å². The maximum Gasteiger partial charge on any atom is 0.333 e. The van der Waals surface area contributed by atoms with Crippen molar-refractivity contribution in [1.29, 1.82) is 5.41 Å². The van der Waals surface area contributed by atoms with E-state index in [-0.39, 0.29) is 28.0 Å². The molecule has 2 aromatic carbocycles. The fraction of sp³-hybridized carbons (Fsp3) is 0.0833. The van der Waals surface area contributed by atoms with E-state index in [1.54, 1.807) is 12.1 Å². The Hall–Kier alpha value is -5.24. The predicted octanol–water partition coefficient (Wildman–Crippen LogP) is 2.69. The van der Waals surface area contributed by atoms with E-state index in [0.29, 0.717) is 5.56 Å². The third-order valence-electron chi connectivity index (χ3n) is 5.46. The number of aromatic nitrogens is 4. The molecule has 2 aromatic heterocycles. The van der Waals surface area contributed by atoms with Crippen molar-refractivity contribution < 1.29 is 38.7 Å². The van der Waals surface area contributed by atoms with E-state index in [9.17, 15) is 29.2 Å². The van der Waals surface area contributed by atoms with Crippen LogP contribution in [0.15, 0.2) is 83.3 Å². The van der Waals surface area contributed by atoms with Crippen LogP contribution in [0, 0.1) is 17.0 Å². The summed E-state index contributed by atoms with van der Waals surface area (Å²) in [5.41, 5.74) is 0.680. The Morgan fingerprint density at radius 2 is 1.87 bits per heavy atom. The zero-order chi connectivity index (χ0) is 27.0. The zero-order valence-corrected chi connectivity index (χ0v) is 19.2. The van der Waals surface area contributed by atoms with E-state index in [0.717, 1.165) is 16.8 Å². The molecule has 38 heavy (non-hydrogen) atoms. The minimum Gasteiger partial charge on any atom is -0.505 e. The highest BCUT2D eigenvalue weighted by Crippen LogP contribution is 2.27. The van der Waals surface area contributed by atoms with Gasteiger partial charge in [0.05, 0.1) is 24.4 Å². The van der Waals surface area contributed by atoms with Crippen molar-refractivity contribution in [2.24, 2.45) is 5.10 Å². The van der Waals surface area contributed by atoms with E-state index < -0.39 is 47.6 Å². The largest absolute Gasteiger partial charge is 0.505 e. The van der Waals surface area contributed by atoms with Crippen molar-refractivity contribution >= 4 is 17.2 Å². The lowest BCUT2D eigenvalue weighted by Crippen LogP contribution is -2.28. The highest BCUT2D eigenvalue weighted by molar-refractivity contribution is 5.80. The molecule has 0 fully saturated rings. The Balaban J connectivity index is 1.35. The van der Waals surface area contributed by atoms with Crippen molar-refractivity contribution in [2.45, 2.75) is 6.10 Å². The number of nitrogens with zero attached hydrogens (tertiary/aromatic N) is 5. The lowest BCUT2D eigenvalue weighted by molar-refractivity contribution is -0.0175. The summed E-state index contributed by atoms with van der Waals surface area (Å²) in [6.07, 6.45) is 2.72. The highest BCUT2D eigenvalue weighted by Gasteiger charge is 2.32. The van der Waals surface area contributed by atoms with Crippen LogP contribution >= 0.6 is 0 Å². The van der Waals surface area contributed by atoms with E-state index in [2.05, 4.69) is 15.2 Å². The van der Waals surface area contributed by atoms with Crippen LogP contribution in [0.25, 0.3) is 16.7 Å². The van der Waals surface area contributed by atoms with E-state index >= 15 is 0 Å². The van der Waals surface area contributed by atoms with Gasteiger partial charge in [-0.05, 0) is 42.0 Å². The minimum absolute atomic E-state index is 0.0190. The Kier molecular flexibility index (Phi) is 6.22. The molecule has 5 N–H and O–H groups in total. The number of rotatable bonds is 6. The Labute approximate surface area is 211 Å². The maximum absolute atomic E-state index is 14.2. The first-order valence-corrected chi connectivity index (χ1v) is 10.9. The third-order valence-corrected chi connectivity index (χ3v) is 5.46. The average molecular weight is 524 g/mol. The van der Waals surface area contributed by atoms with Gasteiger partial charge in [-0.15, -0.1) is 0 Å². The number of hydrogen-bond donors (Lipinski definition) is 5. The molecule has 0 radical (unpaired) electrons. The molecule has 0 saturated heterocycles. The van der Waals surface area contributed by atoms with Gasteiger partial charge in [-0.1, -0.05) is 0 Å². The number of fused-ring (bicyclic) bond motifs is 1. The van der Waals surface area contributed by atoms with Crippen LogP contribution in [0.2, 0.25) is 0 Å². The van der Waals surface area contributed by atoms with Crippen LogP contribution in [-0.4, -0.2) is 58.8 Å². The molecule has 12 nitrogen and oxygen atoms in total. The second kappa shape index (κ2) is 9.67. The van der Waals surface area contributed by atoms with Crippen molar-refractivity contribution in [3.63, 3.8) is 0 Å². The molecule has 0 aliphatic carbocycles. The molecule has 0 saturated carbocycles. The van der Waals surface area contributed by atoms with Crippen LogP contribution in [0.4, 0.5) is 8.78 Å². The first-order chi connectivity index (χ1) is 18.3. The number of hydrogen-bond acceptors (Lipinski definition) is 10. The first kappa shape index (κ1) is 24.5. The summed E-state index contributed by atoms with van der Waals surface area (Å²) in [5, 5.41) is 55.6. The Bertz CT molecular complexity index is 1690. The molecule has 5 rings (SSSR count). The fourth-order valence-corrected chi connectivity index (χ4v) is 3.51. The second-order valence-corrected chi connectivity index (χ2v) is 7.90. The van der Waals surface area contributed by atoms with Gasteiger partial charge >= 0.3 is 5.95 Å². The lowest BCUT2D eigenvalue weighted by Gasteiger charge is -2.23. The zero-order valence-electron chi connectivity index (χ0n) is 19.2. The summed E-state index contributed by atoms with van der Waals surface area (Å²) in [7, 11) is 0. The van der Waals surface area contributed by atoms with Gasteiger partial charge in [0.1, 0.15) is 23.6 Å². The maximum atomic E-state index is 14.2. The Morgan fingerprint density at radius 3 is 2.58 bits per heavy atom. The normalized spacial score (nSPS) is 15.9. The van der Waals surface area contributed by atoms with Crippen LogP contribution in [0.5, 0.6) is 5.75 Å². The summed E-state index contributed by atoms with van der Waals surface area (Å²) in [6.45, 7) is -0.661. The third kappa shape index (κ3) is 4.39. The number of nitrogens with one attached hydrogen (secondary N) is 1. The monoisotopic (exact) mass is 524 g/mol. The van der Waals surface area contributed by atoms with Crippen molar-refractivity contribution in [1.82, 2.24) is 19.4 Å². The smallest absolute Gasteiger partial charge is 0.333 e. The number of ether oxygens (including phenoxy) is 2. The Morgan fingerprint density at radius 1 is 1.11 bits per heavy atom. The van der Waals surface area contributed by atoms with Crippen molar-refractivity contribution in [3.8, 4) is 11.4 Å². The lowest BCUT2D eigenvalue weighted by atomic mass is 10.2. The molecule has 1 aliphatic rings. The highest BCUT2D eigenvalue weighted by atomic mass is 19.1. The quantitative estimate of drug-likeness (QED) is 0.240. The van der Waals surface area contributed by atoms with Gasteiger partial charge in [-0.2, -0.15) is 10.2 Å². The molecule has 0 bridgehead atoms. The van der Waals surface area contributed by atoms with Gasteiger partial charge < -0.3 is 29.9 Å². The van der Waals surface area contributed by atoms with Gasteiger partial charge in [0.25, 0.3) is 0 Å². The molecule has 194 valence electrons. The molecular formula is C24H18F2N6O6. The van der Waals surface area contributed by atoms with Crippen LogP contribution in [0.3, 0.4) is 0 Å². The molecule has 0 spiro atoms. The molecule has 1 unspecified atom stereocenters. The van der Waals surface area contributed by atoms with Crippen molar-refractivity contribution in [2.75, 3.05) is 6.61 Å². The summed E-state index contributed by atoms with van der Waals surface area (Å²) in [6, 6.07) is 9.25. The summed E-state index contributed by atoms with van der Waals surface area (Å²) >= 11 is 0. The number of benzene rings is 2. The van der Waals surface area contributed by atoms with Crippen LogP contribution < -0.4 is 10.2 Å². The van der Waals surface area contributed by atoms with Gasteiger partial charge in [0, 0.05) is 6.07 Å². The van der Waals surface area contributed by atoms with Gasteiger partial charge in [-0.3, -0.25) is 5.41 Å². The summed E-state index contributed by atoms with van der Waals surface area (Å²) in [5.74, 6) is -4.28. The molecule has 1 aliphatic heterocycles. The molecule has 0 amide bonds. The van der Waals surface area contributed by atoms with Gasteiger partial charge in [0.15, 0.2) is 28.8 Å².